The van der Waals surface area contributed by atoms with Crippen LogP contribution < -0.4 is 4.74 Å². The van der Waals surface area contributed by atoms with Crippen molar-refractivity contribution in [3.8, 4) is 16.2 Å². The molecule has 0 aliphatic rings. The first kappa shape index (κ1) is 17.0. The molecule has 24 heavy (non-hydrogen) atoms. The Hall–Kier alpha value is -1.89. The number of rotatable bonds is 4. The molecule has 0 unspecified atom stereocenters. The lowest BCUT2D eigenvalue weighted by Gasteiger charge is -2.07. The van der Waals surface area contributed by atoms with E-state index in [9.17, 15) is 13.6 Å². The van der Waals surface area contributed by atoms with Crippen LogP contribution in [0.5, 0.6) is 5.75 Å². The number of halogens is 4. The van der Waals surface area contributed by atoms with Crippen molar-refractivity contribution in [2.75, 3.05) is 6.61 Å². The summed E-state index contributed by atoms with van der Waals surface area (Å²) in [7, 11) is 0. The summed E-state index contributed by atoms with van der Waals surface area (Å²) in [5.41, 5.74) is -0.154. The van der Waals surface area contributed by atoms with Gasteiger partial charge in [-0.25, -0.2) is 13.6 Å². The number of hydrogen-bond acceptors (Lipinski definition) is 3. The van der Waals surface area contributed by atoms with Crippen molar-refractivity contribution in [2.45, 2.75) is 0 Å². The number of hydrogen-bond donors (Lipinski definition) is 1. The monoisotopic (exact) mass is 388 g/mol. The molecule has 8 heteroatoms. The van der Waals surface area contributed by atoms with E-state index in [-0.39, 0.29) is 21.4 Å². The van der Waals surface area contributed by atoms with Crippen LogP contribution in [0.4, 0.5) is 8.78 Å². The minimum atomic E-state index is -1.17. The lowest BCUT2D eigenvalue weighted by molar-refractivity contribution is -0.139. The molecule has 1 heterocycles. The third-order valence-electron chi connectivity index (χ3n) is 3.22. The summed E-state index contributed by atoms with van der Waals surface area (Å²) in [6.07, 6.45) is 0. The standard InChI is InChI=1S/C16H8Cl2F2O3S/c17-14-10(23-6-12(21)22)4-7-5-11(24-16(7)15(14)18)13-8(19)2-1-3-9(13)20/h1-5H,6H2,(H,21,22). The molecule has 3 rings (SSSR count). The summed E-state index contributed by atoms with van der Waals surface area (Å²) in [5, 5.41) is 9.42. The van der Waals surface area contributed by atoms with Crippen LogP contribution in [0.3, 0.4) is 0 Å². The highest BCUT2D eigenvalue weighted by molar-refractivity contribution is 7.23. The smallest absolute Gasteiger partial charge is 0.341 e. The summed E-state index contributed by atoms with van der Waals surface area (Å²) in [6.45, 7) is -0.583. The molecule has 0 atom stereocenters. The quantitative estimate of drug-likeness (QED) is 0.630. The molecular formula is C16H8Cl2F2O3S. The Labute approximate surface area is 149 Å². The molecular weight excluding hydrogens is 381 g/mol. The highest BCUT2D eigenvalue weighted by Gasteiger charge is 2.19. The summed E-state index contributed by atoms with van der Waals surface area (Å²) in [5.74, 6) is -2.45. The number of aliphatic carboxylic acids is 1. The zero-order chi connectivity index (χ0) is 17.4. The van der Waals surface area contributed by atoms with E-state index in [1.807, 2.05) is 0 Å². The van der Waals surface area contributed by atoms with E-state index in [2.05, 4.69) is 0 Å². The molecule has 0 fully saturated rings. The first-order valence-electron chi connectivity index (χ1n) is 6.59. The van der Waals surface area contributed by atoms with Gasteiger partial charge in [0.05, 0.1) is 15.3 Å². The van der Waals surface area contributed by atoms with Crippen molar-refractivity contribution in [3.05, 3.63) is 52.0 Å². The fourth-order valence-electron chi connectivity index (χ4n) is 2.20. The largest absolute Gasteiger partial charge is 0.480 e. The fraction of sp³-hybridized carbons (Fsp3) is 0.0625. The minimum absolute atomic E-state index is 0.0489. The number of fused-ring (bicyclic) bond motifs is 1. The third kappa shape index (κ3) is 3.05. The lowest BCUT2D eigenvalue weighted by Crippen LogP contribution is -2.09. The molecule has 3 aromatic rings. The van der Waals surface area contributed by atoms with Gasteiger partial charge < -0.3 is 9.84 Å². The van der Waals surface area contributed by atoms with Crippen molar-refractivity contribution < 1.29 is 23.4 Å². The van der Waals surface area contributed by atoms with Gasteiger partial charge in [0, 0.05) is 4.88 Å². The highest BCUT2D eigenvalue weighted by Crippen LogP contribution is 2.45. The predicted molar refractivity (Wildman–Crippen MR) is 90.3 cm³/mol. The Kier molecular flexibility index (Phi) is 4.62. The van der Waals surface area contributed by atoms with Gasteiger partial charge in [-0.1, -0.05) is 29.3 Å². The number of benzene rings is 2. The van der Waals surface area contributed by atoms with E-state index in [0.29, 0.717) is 15.0 Å². The second-order valence-corrected chi connectivity index (χ2v) is 6.62. The maximum absolute atomic E-state index is 14.0. The summed E-state index contributed by atoms with van der Waals surface area (Å²) in [4.78, 5) is 11.0. The Morgan fingerprint density at radius 3 is 2.46 bits per heavy atom. The number of ether oxygens (including phenoxy) is 1. The summed E-state index contributed by atoms with van der Waals surface area (Å²) >= 11 is 13.4. The van der Waals surface area contributed by atoms with Crippen molar-refractivity contribution in [2.24, 2.45) is 0 Å². The molecule has 124 valence electrons. The molecule has 0 aliphatic heterocycles. The molecule has 1 N–H and O–H groups in total. The van der Waals surface area contributed by atoms with Gasteiger partial charge in [0.25, 0.3) is 0 Å². The summed E-state index contributed by atoms with van der Waals surface area (Å²) < 4.78 is 33.5. The average molecular weight is 389 g/mol. The van der Waals surface area contributed by atoms with Crippen LogP contribution in [0.15, 0.2) is 30.3 Å². The highest BCUT2D eigenvalue weighted by atomic mass is 35.5. The molecule has 0 bridgehead atoms. The first-order valence-corrected chi connectivity index (χ1v) is 8.16. The van der Waals surface area contributed by atoms with Crippen LogP contribution in [-0.2, 0) is 4.79 Å². The molecule has 0 saturated carbocycles. The average Bonchev–Trinajstić information content (AvgIpc) is 2.93. The Balaban J connectivity index is 2.15. The minimum Gasteiger partial charge on any atom is -0.480 e. The van der Waals surface area contributed by atoms with Gasteiger partial charge in [0.1, 0.15) is 22.4 Å². The molecule has 3 nitrogen and oxygen atoms in total. The van der Waals surface area contributed by atoms with E-state index in [4.69, 9.17) is 33.0 Å². The molecule has 0 saturated heterocycles. The number of carboxylic acids is 1. The van der Waals surface area contributed by atoms with Crippen molar-refractivity contribution >= 4 is 50.6 Å². The van der Waals surface area contributed by atoms with E-state index in [1.54, 1.807) is 6.07 Å². The second-order valence-electron chi connectivity index (χ2n) is 4.81. The molecule has 2 aromatic carbocycles. The van der Waals surface area contributed by atoms with Gasteiger partial charge in [-0.2, -0.15) is 0 Å². The fourth-order valence-corrected chi connectivity index (χ4v) is 3.91. The maximum atomic E-state index is 14.0. The number of carboxylic acid groups (broad SMARTS) is 1. The zero-order valence-electron chi connectivity index (χ0n) is 11.8. The third-order valence-corrected chi connectivity index (χ3v) is 5.36. The van der Waals surface area contributed by atoms with Crippen LogP contribution >= 0.6 is 34.5 Å². The van der Waals surface area contributed by atoms with Gasteiger partial charge in [0.15, 0.2) is 6.61 Å². The van der Waals surface area contributed by atoms with Crippen molar-refractivity contribution in [1.29, 1.82) is 0 Å². The Bertz CT molecular complexity index is 936. The van der Waals surface area contributed by atoms with Gasteiger partial charge in [-0.3, -0.25) is 0 Å². The zero-order valence-corrected chi connectivity index (χ0v) is 14.1. The van der Waals surface area contributed by atoms with Gasteiger partial charge >= 0.3 is 5.97 Å². The second kappa shape index (κ2) is 6.55. The van der Waals surface area contributed by atoms with Crippen LogP contribution in [-0.4, -0.2) is 17.7 Å². The first-order chi connectivity index (χ1) is 11.4. The van der Waals surface area contributed by atoms with Crippen LogP contribution in [0.25, 0.3) is 20.5 Å². The van der Waals surface area contributed by atoms with Crippen LogP contribution in [0.2, 0.25) is 10.0 Å². The molecule has 0 aliphatic carbocycles. The predicted octanol–water partition coefficient (Wildman–Crippen LogP) is 5.62. The maximum Gasteiger partial charge on any atom is 0.341 e. The van der Waals surface area contributed by atoms with E-state index < -0.39 is 24.2 Å². The molecule has 0 spiro atoms. The summed E-state index contributed by atoms with van der Waals surface area (Å²) in [6, 6.07) is 6.66. The number of thiophene rings is 1. The molecule has 1 aromatic heterocycles. The van der Waals surface area contributed by atoms with E-state index in [1.165, 1.54) is 24.3 Å². The lowest BCUT2D eigenvalue weighted by atomic mass is 10.1. The van der Waals surface area contributed by atoms with Crippen LogP contribution in [0.1, 0.15) is 0 Å². The van der Waals surface area contributed by atoms with Gasteiger partial charge in [-0.15, -0.1) is 11.3 Å². The van der Waals surface area contributed by atoms with Gasteiger partial charge in [0.2, 0.25) is 0 Å². The van der Waals surface area contributed by atoms with E-state index in [0.717, 1.165) is 11.3 Å². The Morgan fingerprint density at radius 1 is 1.17 bits per heavy atom. The molecule has 0 amide bonds. The normalized spacial score (nSPS) is 11.0. The Morgan fingerprint density at radius 2 is 1.83 bits per heavy atom. The molecule has 0 radical (unpaired) electrons. The van der Waals surface area contributed by atoms with E-state index >= 15 is 0 Å². The SMILES string of the molecule is O=C(O)COc1cc2cc(-c3c(F)cccc3F)sc2c(Cl)c1Cl. The van der Waals surface area contributed by atoms with Gasteiger partial charge in [-0.05, 0) is 29.7 Å². The van der Waals surface area contributed by atoms with Crippen molar-refractivity contribution in [1.82, 2.24) is 0 Å². The van der Waals surface area contributed by atoms with Crippen LogP contribution in [0, 0.1) is 11.6 Å². The van der Waals surface area contributed by atoms with Crippen molar-refractivity contribution in [3.63, 3.8) is 0 Å². The number of carbonyl (C=O) groups is 1. The topological polar surface area (TPSA) is 46.5 Å².